The highest BCUT2D eigenvalue weighted by molar-refractivity contribution is 5.69. The SMILES string of the molecule is Cc1oc(-c2cccc(-c3nc(CCOc4ccc(OCC(=O)O)cc4)c(C)o3)c2)nc1CCOc1ccc(OCC(=O)O)cc1. The summed E-state index contributed by atoms with van der Waals surface area (Å²) in [5.41, 5.74) is 3.11. The number of hydrogen-bond donors (Lipinski definition) is 2. The molecule has 0 aliphatic carbocycles. The molecular weight excluding hydrogens is 596 g/mol. The predicted octanol–water partition coefficient (Wildman–Crippen LogP) is 5.78. The van der Waals surface area contributed by atoms with Crippen molar-refractivity contribution in [1.29, 1.82) is 0 Å². The Kier molecular flexibility index (Phi) is 10.2. The number of aliphatic carboxylic acids is 2. The molecule has 0 spiro atoms. The van der Waals surface area contributed by atoms with Gasteiger partial charge in [-0.1, -0.05) is 6.07 Å². The van der Waals surface area contributed by atoms with E-state index in [0.717, 1.165) is 22.5 Å². The van der Waals surface area contributed by atoms with E-state index in [0.29, 0.717) is 72.4 Å². The standard InChI is InChI=1S/C34H32N2O10/c1-21-29(14-16-41-25-6-10-27(11-7-25)43-19-31(37)38)35-33(45-21)23-4-3-5-24(18-23)34-36-30(22(2)46-34)15-17-42-26-8-12-28(13-9-26)44-20-32(39)40/h3-13,18H,14-17,19-20H2,1-2H3,(H,37,38)(H,39,40). The number of oxazole rings is 2. The maximum atomic E-state index is 10.6. The molecule has 0 bridgehead atoms. The van der Waals surface area contributed by atoms with Crippen molar-refractivity contribution in [2.24, 2.45) is 0 Å². The van der Waals surface area contributed by atoms with Gasteiger partial charge < -0.3 is 38.0 Å². The van der Waals surface area contributed by atoms with Gasteiger partial charge in [-0.2, -0.15) is 0 Å². The van der Waals surface area contributed by atoms with Crippen molar-refractivity contribution in [3.05, 3.63) is 95.7 Å². The Morgan fingerprint density at radius 1 is 0.609 bits per heavy atom. The van der Waals surface area contributed by atoms with E-state index in [1.807, 2.05) is 38.1 Å². The van der Waals surface area contributed by atoms with Crippen LogP contribution in [-0.2, 0) is 22.4 Å². The van der Waals surface area contributed by atoms with Gasteiger partial charge in [-0.3, -0.25) is 0 Å². The molecule has 0 saturated carbocycles. The van der Waals surface area contributed by atoms with E-state index in [1.165, 1.54) is 0 Å². The number of carboxylic acid groups (broad SMARTS) is 2. The maximum absolute atomic E-state index is 10.6. The average molecular weight is 629 g/mol. The van der Waals surface area contributed by atoms with E-state index < -0.39 is 25.2 Å². The van der Waals surface area contributed by atoms with Crippen LogP contribution in [0.4, 0.5) is 0 Å². The average Bonchev–Trinajstić information content (AvgIpc) is 3.61. The van der Waals surface area contributed by atoms with Crippen LogP contribution in [0.25, 0.3) is 22.9 Å². The van der Waals surface area contributed by atoms with Crippen LogP contribution in [0.5, 0.6) is 23.0 Å². The van der Waals surface area contributed by atoms with Gasteiger partial charge in [-0.05, 0) is 80.6 Å². The molecule has 46 heavy (non-hydrogen) atoms. The monoisotopic (exact) mass is 628 g/mol. The molecule has 2 N–H and O–H groups in total. The molecule has 12 heteroatoms. The molecule has 5 aromatic rings. The Balaban J connectivity index is 1.15. The number of aromatic nitrogens is 2. The third kappa shape index (κ3) is 8.65. The predicted molar refractivity (Wildman–Crippen MR) is 164 cm³/mol. The molecule has 0 fully saturated rings. The number of aryl methyl sites for hydroxylation is 2. The smallest absolute Gasteiger partial charge is 0.341 e. The minimum atomic E-state index is -1.04. The van der Waals surface area contributed by atoms with E-state index in [9.17, 15) is 9.59 Å². The van der Waals surface area contributed by atoms with Crippen LogP contribution < -0.4 is 18.9 Å². The zero-order valence-corrected chi connectivity index (χ0v) is 25.2. The minimum absolute atomic E-state index is 0.372. The maximum Gasteiger partial charge on any atom is 0.341 e. The zero-order valence-electron chi connectivity index (χ0n) is 25.2. The number of carbonyl (C=O) groups is 2. The second-order valence-electron chi connectivity index (χ2n) is 10.1. The van der Waals surface area contributed by atoms with Gasteiger partial charge in [0.1, 0.15) is 34.5 Å². The zero-order chi connectivity index (χ0) is 32.5. The van der Waals surface area contributed by atoms with Crippen molar-refractivity contribution in [1.82, 2.24) is 9.97 Å². The number of benzene rings is 3. The van der Waals surface area contributed by atoms with Gasteiger partial charge >= 0.3 is 11.9 Å². The second kappa shape index (κ2) is 14.8. The highest BCUT2D eigenvalue weighted by atomic mass is 16.5. The van der Waals surface area contributed by atoms with Crippen LogP contribution in [0.2, 0.25) is 0 Å². The van der Waals surface area contributed by atoms with E-state index in [4.69, 9.17) is 48.0 Å². The lowest BCUT2D eigenvalue weighted by atomic mass is 10.1. The first-order valence-corrected chi connectivity index (χ1v) is 14.4. The van der Waals surface area contributed by atoms with Gasteiger partial charge in [0, 0.05) is 24.0 Å². The first kappa shape index (κ1) is 31.6. The molecule has 0 atom stereocenters. The van der Waals surface area contributed by atoms with Gasteiger partial charge in [0.25, 0.3) is 0 Å². The minimum Gasteiger partial charge on any atom is -0.493 e. The highest BCUT2D eigenvalue weighted by Gasteiger charge is 2.16. The summed E-state index contributed by atoms with van der Waals surface area (Å²) in [6.45, 7) is 3.65. The fraction of sp³-hybridized carbons (Fsp3) is 0.235. The Morgan fingerprint density at radius 3 is 1.35 bits per heavy atom. The number of hydrogen-bond acceptors (Lipinski definition) is 10. The fourth-order valence-corrected chi connectivity index (χ4v) is 4.44. The Bertz CT molecular complexity index is 1650. The summed E-state index contributed by atoms with van der Waals surface area (Å²) in [6, 6.07) is 21.1. The second-order valence-corrected chi connectivity index (χ2v) is 10.1. The summed E-state index contributed by atoms with van der Waals surface area (Å²) in [5.74, 6) is 2.42. The Hall–Kier alpha value is -5.78. The summed E-state index contributed by atoms with van der Waals surface area (Å²) >= 11 is 0. The molecule has 3 aromatic carbocycles. The molecule has 0 radical (unpaired) electrons. The summed E-state index contributed by atoms with van der Waals surface area (Å²) in [7, 11) is 0. The largest absolute Gasteiger partial charge is 0.493 e. The molecule has 0 saturated heterocycles. The number of carboxylic acids is 2. The summed E-state index contributed by atoms with van der Waals surface area (Å²) in [4.78, 5) is 30.7. The highest BCUT2D eigenvalue weighted by Crippen LogP contribution is 2.29. The molecule has 0 unspecified atom stereocenters. The number of ether oxygens (including phenoxy) is 4. The molecule has 5 rings (SSSR count). The molecule has 0 amide bonds. The van der Waals surface area contributed by atoms with E-state index in [-0.39, 0.29) is 0 Å². The molecule has 0 aliphatic heterocycles. The summed E-state index contributed by atoms with van der Waals surface area (Å²) < 4.78 is 33.9. The van der Waals surface area contributed by atoms with Gasteiger partial charge in [0.15, 0.2) is 13.2 Å². The first-order chi connectivity index (χ1) is 22.2. The normalized spacial score (nSPS) is 10.8. The van der Waals surface area contributed by atoms with Gasteiger partial charge in [-0.25, -0.2) is 19.6 Å². The van der Waals surface area contributed by atoms with Crippen molar-refractivity contribution in [2.75, 3.05) is 26.4 Å². The molecule has 2 heterocycles. The molecule has 2 aromatic heterocycles. The van der Waals surface area contributed by atoms with Crippen molar-refractivity contribution in [3.8, 4) is 45.9 Å². The van der Waals surface area contributed by atoms with Crippen LogP contribution >= 0.6 is 0 Å². The lowest BCUT2D eigenvalue weighted by Gasteiger charge is -2.07. The van der Waals surface area contributed by atoms with Crippen molar-refractivity contribution in [2.45, 2.75) is 26.7 Å². The summed E-state index contributed by atoms with van der Waals surface area (Å²) in [5, 5.41) is 17.4. The lowest BCUT2D eigenvalue weighted by Crippen LogP contribution is -2.09. The van der Waals surface area contributed by atoms with Crippen molar-refractivity contribution < 1.29 is 47.6 Å². The van der Waals surface area contributed by atoms with Crippen LogP contribution in [0.3, 0.4) is 0 Å². The summed E-state index contributed by atoms with van der Waals surface area (Å²) in [6.07, 6.45) is 1.05. The number of nitrogens with zero attached hydrogens (tertiary/aromatic N) is 2. The molecule has 238 valence electrons. The third-order valence-corrected chi connectivity index (χ3v) is 6.73. The van der Waals surface area contributed by atoms with Crippen molar-refractivity contribution >= 4 is 11.9 Å². The third-order valence-electron chi connectivity index (χ3n) is 6.73. The fourth-order valence-electron chi connectivity index (χ4n) is 4.44. The molecular formula is C34H32N2O10. The van der Waals surface area contributed by atoms with Crippen LogP contribution in [0, 0.1) is 13.8 Å². The topological polar surface area (TPSA) is 164 Å². The van der Waals surface area contributed by atoms with Gasteiger partial charge in [0.2, 0.25) is 11.8 Å². The van der Waals surface area contributed by atoms with Crippen LogP contribution in [0.15, 0.2) is 81.6 Å². The quantitative estimate of drug-likeness (QED) is 0.136. The van der Waals surface area contributed by atoms with Crippen LogP contribution in [-0.4, -0.2) is 58.5 Å². The van der Waals surface area contributed by atoms with Gasteiger partial charge in [0.05, 0.1) is 24.6 Å². The Morgan fingerprint density at radius 2 is 0.978 bits per heavy atom. The van der Waals surface area contributed by atoms with Crippen LogP contribution in [0.1, 0.15) is 22.9 Å². The van der Waals surface area contributed by atoms with E-state index in [2.05, 4.69) is 0 Å². The molecule has 12 nitrogen and oxygen atoms in total. The van der Waals surface area contributed by atoms with Gasteiger partial charge in [-0.15, -0.1) is 0 Å². The molecule has 0 aliphatic rings. The lowest BCUT2D eigenvalue weighted by molar-refractivity contribution is -0.140. The van der Waals surface area contributed by atoms with Crippen molar-refractivity contribution in [3.63, 3.8) is 0 Å². The first-order valence-electron chi connectivity index (χ1n) is 14.4. The number of rotatable bonds is 16. The Labute approximate surface area is 264 Å². The van der Waals surface area contributed by atoms with E-state index in [1.54, 1.807) is 48.5 Å². The van der Waals surface area contributed by atoms with E-state index >= 15 is 0 Å².